The fraction of sp³-hybridized carbons (Fsp3) is 0.300. The molecule has 2 aromatic carbocycles. The van der Waals surface area contributed by atoms with Crippen molar-refractivity contribution in [2.45, 2.75) is 26.8 Å². The zero-order valence-corrected chi connectivity index (χ0v) is 17.6. The zero-order chi connectivity index (χ0) is 21.6. The number of phenolic OH excluding ortho intramolecular Hbond substituents is 1. The van der Waals surface area contributed by atoms with Crippen LogP contribution in [0.2, 0.25) is 0 Å². The molecule has 8 nitrogen and oxygen atoms in total. The average molecular weight is 420 g/mol. The first-order chi connectivity index (χ1) is 13.6. The predicted octanol–water partition coefficient (Wildman–Crippen LogP) is 2.49. The molecule has 0 saturated heterocycles. The summed E-state index contributed by atoms with van der Waals surface area (Å²) in [4.78, 5) is 12.6. The molecule has 29 heavy (non-hydrogen) atoms. The van der Waals surface area contributed by atoms with Gasteiger partial charge in [-0.3, -0.25) is 9.10 Å². The Hall–Kier alpha value is -3.07. The normalized spacial score (nSPS) is 12.9. The topological polar surface area (TPSA) is 108 Å². The van der Waals surface area contributed by atoms with Gasteiger partial charge in [-0.25, -0.2) is 13.8 Å². The van der Waals surface area contributed by atoms with Crippen LogP contribution in [0.4, 0.5) is 5.69 Å². The van der Waals surface area contributed by atoms with Crippen LogP contribution >= 0.6 is 0 Å². The highest BCUT2D eigenvalue weighted by molar-refractivity contribution is 7.92. The van der Waals surface area contributed by atoms with Gasteiger partial charge in [0.1, 0.15) is 17.5 Å². The Morgan fingerprint density at radius 1 is 1.21 bits per heavy atom. The first-order valence-corrected chi connectivity index (χ1v) is 10.8. The number of hydrogen-bond donors (Lipinski definition) is 2. The van der Waals surface area contributed by atoms with Crippen molar-refractivity contribution in [3.05, 3.63) is 54.1 Å². The third kappa shape index (κ3) is 5.71. The number of anilines is 1. The number of rotatable bonds is 8. The summed E-state index contributed by atoms with van der Waals surface area (Å²) in [6.45, 7) is 5.43. The van der Waals surface area contributed by atoms with Crippen LogP contribution in [0, 0.1) is 0 Å². The lowest BCUT2D eigenvalue weighted by atomic mass is 10.1. The monoisotopic (exact) mass is 419 g/mol. The van der Waals surface area contributed by atoms with Crippen molar-refractivity contribution in [2.75, 3.05) is 17.2 Å². The molecule has 0 unspecified atom stereocenters. The number of aromatic hydroxyl groups is 1. The summed E-state index contributed by atoms with van der Waals surface area (Å²) in [6, 6.07) is 12.0. The molecule has 0 aliphatic heterocycles. The number of nitrogens with zero attached hydrogens (tertiary/aromatic N) is 2. The van der Waals surface area contributed by atoms with E-state index < -0.39 is 22.0 Å². The maximum atomic E-state index is 12.6. The number of phenols is 1. The Labute approximate surface area is 170 Å². The van der Waals surface area contributed by atoms with Gasteiger partial charge in [0, 0.05) is 5.56 Å². The molecule has 2 rings (SSSR count). The van der Waals surface area contributed by atoms with Crippen LogP contribution in [-0.2, 0) is 14.8 Å². The van der Waals surface area contributed by atoms with Crippen molar-refractivity contribution in [1.29, 1.82) is 0 Å². The Morgan fingerprint density at radius 3 is 2.38 bits per heavy atom. The smallest absolute Gasteiger partial charge is 0.263 e. The maximum absolute atomic E-state index is 12.6. The van der Waals surface area contributed by atoms with E-state index in [1.54, 1.807) is 49.4 Å². The van der Waals surface area contributed by atoms with Crippen molar-refractivity contribution >= 4 is 27.3 Å². The van der Waals surface area contributed by atoms with Crippen LogP contribution < -0.4 is 14.5 Å². The number of amides is 1. The van der Waals surface area contributed by atoms with E-state index in [0.29, 0.717) is 29.3 Å². The molecule has 0 heterocycles. The molecule has 0 bridgehead atoms. The zero-order valence-electron chi connectivity index (χ0n) is 16.8. The van der Waals surface area contributed by atoms with E-state index in [-0.39, 0.29) is 5.75 Å². The number of sulfonamides is 1. The van der Waals surface area contributed by atoms with Gasteiger partial charge in [0.25, 0.3) is 5.91 Å². The second kappa shape index (κ2) is 9.42. The first-order valence-electron chi connectivity index (χ1n) is 9.00. The van der Waals surface area contributed by atoms with Gasteiger partial charge in [0.15, 0.2) is 0 Å². The molecule has 0 fully saturated rings. The van der Waals surface area contributed by atoms with Gasteiger partial charge in [0.05, 0.1) is 24.3 Å². The number of para-hydroxylation sites is 1. The fourth-order valence-corrected chi connectivity index (χ4v) is 3.91. The predicted molar refractivity (Wildman–Crippen MR) is 113 cm³/mol. The van der Waals surface area contributed by atoms with Crippen LogP contribution in [0.25, 0.3) is 0 Å². The molecular formula is C20H25N3O5S. The van der Waals surface area contributed by atoms with E-state index >= 15 is 0 Å². The number of carbonyl (C=O) groups excluding carboxylic acids is 1. The lowest BCUT2D eigenvalue weighted by Crippen LogP contribution is -2.46. The molecule has 2 aromatic rings. The lowest BCUT2D eigenvalue weighted by Gasteiger charge is -2.27. The van der Waals surface area contributed by atoms with Crippen LogP contribution in [0.1, 0.15) is 26.3 Å². The first kappa shape index (κ1) is 22.2. The van der Waals surface area contributed by atoms with E-state index in [4.69, 9.17) is 4.74 Å². The standard InChI is InChI=1S/C20H25N3O5S/c1-5-28-17-12-10-16(11-13-17)23(29(4,26)27)15(3)20(25)22-21-14(2)18-8-6-7-9-19(18)24/h6-13,15,24H,5H2,1-4H3,(H,22,25)/b21-14-/t15-/m1/s1. The minimum absolute atomic E-state index is 0.0307. The van der Waals surface area contributed by atoms with Crippen molar-refractivity contribution in [1.82, 2.24) is 5.43 Å². The van der Waals surface area contributed by atoms with Crippen LogP contribution in [0.15, 0.2) is 53.6 Å². The SMILES string of the molecule is CCOc1ccc(N([C@H](C)C(=O)N/N=C(/C)c2ccccc2O)S(C)(=O)=O)cc1. The van der Waals surface area contributed by atoms with E-state index in [9.17, 15) is 18.3 Å². The fourth-order valence-electron chi connectivity index (χ4n) is 2.74. The Bertz CT molecular complexity index is 987. The molecule has 0 saturated carbocycles. The van der Waals surface area contributed by atoms with Crippen LogP contribution in [-0.4, -0.2) is 44.0 Å². The van der Waals surface area contributed by atoms with Crippen molar-refractivity contribution in [2.24, 2.45) is 5.10 Å². The highest BCUT2D eigenvalue weighted by Gasteiger charge is 2.29. The molecule has 0 aliphatic rings. The van der Waals surface area contributed by atoms with E-state index in [1.807, 2.05) is 6.92 Å². The summed E-state index contributed by atoms with van der Waals surface area (Å²) < 4.78 is 31.1. The summed E-state index contributed by atoms with van der Waals surface area (Å²) >= 11 is 0. The highest BCUT2D eigenvalue weighted by Crippen LogP contribution is 2.24. The van der Waals surface area contributed by atoms with Gasteiger partial charge in [0.2, 0.25) is 10.0 Å². The summed E-state index contributed by atoms with van der Waals surface area (Å²) in [5.41, 5.74) is 3.55. The van der Waals surface area contributed by atoms with Crippen molar-refractivity contribution < 1.29 is 23.1 Å². The van der Waals surface area contributed by atoms with E-state index in [1.165, 1.54) is 13.0 Å². The Kier molecular flexibility index (Phi) is 7.22. The number of benzene rings is 2. The largest absolute Gasteiger partial charge is 0.507 e. The van der Waals surface area contributed by atoms with Gasteiger partial charge in [-0.15, -0.1) is 0 Å². The van der Waals surface area contributed by atoms with Crippen LogP contribution in [0.5, 0.6) is 11.5 Å². The number of hydrazone groups is 1. The molecule has 1 amide bonds. The maximum Gasteiger partial charge on any atom is 0.263 e. The molecule has 2 N–H and O–H groups in total. The van der Waals surface area contributed by atoms with Gasteiger partial charge in [-0.05, 0) is 57.2 Å². The number of ether oxygens (including phenoxy) is 1. The summed E-state index contributed by atoms with van der Waals surface area (Å²) in [5.74, 6) is 0.0203. The molecule has 1 atom stereocenters. The third-order valence-electron chi connectivity index (χ3n) is 4.12. The average Bonchev–Trinajstić information content (AvgIpc) is 2.66. The minimum Gasteiger partial charge on any atom is -0.507 e. The number of nitrogens with one attached hydrogen (secondary N) is 1. The van der Waals surface area contributed by atoms with Crippen LogP contribution in [0.3, 0.4) is 0 Å². The quantitative estimate of drug-likeness (QED) is 0.505. The van der Waals surface area contributed by atoms with Gasteiger partial charge in [-0.2, -0.15) is 5.10 Å². The minimum atomic E-state index is -3.74. The lowest BCUT2D eigenvalue weighted by molar-refractivity contribution is -0.121. The molecular weight excluding hydrogens is 394 g/mol. The van der Waals surface area contributed by atoms with Crippen molar-refractivity contribution in [3.8, 4) is 11.5 Å². The summed E-state index contributed by atoms with van der Waals surface area (Å²) in [6.07, 6.45) is 1.03. The molecule has 0 aliphatic carbocycles. The molecule has 156 valence electrons. The van der Waals surface area contributed by atoms with Gasteiger partial charge >= 0.3 is 0 Å². The highest BCUT2D eigenvalue weighted by atomic mass is 32.2. The van der Waals surface area contributed by atoms with Gasteiger partial charge < -0.3 is 9.84 Å². The van der Waals surface area contributed by atoms with Gasteiger partial charge in [-0.1, -0.05) is 12.1 Å². The second-order valence-corrected chi connectivity index (χ2v) is 8.21. The third-order valence-corrected chi connectivity index (χ3v) is 5.36. The van der Waals surface area contributed by atoms with E-state index in [0.717, 1.165) is 10.6 Å². The summed E-state index contributed by atoms with van der Waals surface area (Å²) in [7, 11) is -3.74. The molecule has 0 aromatic heterocycles. The summed E-state index contributed by atoms with van der Waals surface area (Å²) in [5, 5.41) is 13.9. The molecule has 9 heteroatoms. The Balaban J connectivity index is 2.23. The number of carbonyl (C=O) groups is 1. The van der Waals surface area contributed by atoms with E-state index in [2.05, 4.69) is 10.5 Å². The number of hydrogen-bond acceptors (Lipinski definition) is 6. The molecule has 0 radical (unpaired) electrons. The Morgan fingerprint density at radius 2 is 1.83 bits per heavy atom. The second-order valence-electron chi connectivity index (χ2n) is 6.35. The molecule has 0 spiro atoms. The van der Waals surface area contributed by atoms with Crippen molar-refractivity contribution in [3.63, 3.8) is 0 Å².